The molecule has 2 N–H and O–H groups in total. The van der Waals surface area contributed by atoms with E-state index in [-0.39, 0.29) is 5.41 Å². The number of rotatable bonds is 6. The summed E-state index contributed by atoms with van der Waals surface area (Å²) in [6.07, 6.45) is 3.60. The van der Waals surface area contributed by atoms with Gasteiger partial charge in [0, 0.05) is 30.9 Å². The number of carboxylic acid groups (broad SMARTS) is 1. The van der Waals surface area contributed by atoms with Crippen molar-refractivity contribution in [3.05, 3.63) is 30.1 Å². The third-order valence-electron chi connectivity index (χ3n) is 3.68. The van der Waals surface area contributed by atoms with E-state index in [2.05, 4.69) is 24.1 Å². The van der Waals surface area contributed by atoms with Gasteiger partial charge in [-0.05, 0) is 11.6 Å². The van der Waals surface area contributed by atoms with Crippen molar-refractivity contribution in [3.8, 4) is 0 Å². The summed E-state index contributed by atoms with van der Waals surface area (Å²) < 4.78 is 5.04. The molecule has 1 aromatic rings. The maximum absolute atomic E-state index is 11.2. The summed E-state index contributed by atoms with van der Waals surface area (Å²) >= 11 is 0. The van der Waals surface area contributed by atoms with Gasteiger partial charge in [0.2, 0.25) is 0 Å². The van der Waals surface area contributed by atoms with Gasteiger partial charge in [-0.15, -0.1) is 0 Å². The van der Waals surface area contributed by atoms with Crippen molar-refractivity contribution in [1.82, 2.24) is 10.3 Å². The number of carboxylic acids is 1. The van der Waals surface area contributed by atoms with Crippen LogP contribution in [0, 0.1) is 5.41 Å². The molecule has 1 aliphatic heterocycles. The SMILES string of the molecule is CC(C)(CNCC1(C(=O)O)COC1)c1cccnc1. The fourth-order valence-corrected chi connectivity index (χ4v) is 2.13. The van der Waals surface area contributed by atoms with E-state index in [4.69, 9.17) is 4.74 Å². The van der Waals surface area contributed by atoms with Gasteiger partial charge in [0.05, 0.1) is 13.2 Å². The number of carbonyl (C=O) groups is 1. The molecule has 0 aromatic carbocycles. The number of aliphatic carboxylic acids is 1. The largest absolute Gasteiger partial charge is 0.481 e. The van der Waals surface area contributed by atoms with Crippen LogP contribution in [0.3, 0.4) is 0 Å². The summed E-state index contributed by atoms with van der Waals surface area (Å²) in [5.41, 5.74) is 0.306. The van der Waals surface area contributed by atoms with Crippen LogP contribution in [0.15, 0.2) is 24.5 Å². The van der Waals surface area contributed by atoms with Gasteiger partial charge in [-0.2, -0.15) is 0 Å². The number of hydrogen-bond acceptors (Lipinski definition) is 4. The van der Waals surface area contributed by atoms with Gasteiger partial charge in [-0.1, -0.05) is 19.9 Å². The van der Waals surface area contributed by atoms with Crippen LogP contribution in [0.1, 0.15) is 19.4 Å². The maximum atomic E-state index is 11.2. The van der Waals surface area contributed by atoms with Crippen molar-refractivity contribution in [3.63, 3.8) is 0 Å². The highest BCUT2D eigenvalue weighted by atomic mass is 16.5. The van der Waals surface area contributed by atoms with E-state index in [0.29, 0.717) is 26.3 Å². The topological polar surface area (TPSA) is 71.5 Å². The Morgan fingerprint density at radius 2 is 2.32 bits per heavy atom. The first-order chi connectivity index (χ1) is 8.96. The van der Waals surface area contributed by atoms with E-state index >= 15 is 0 Å². The van der Waals surface area contributed by atoms with Gasteiger partial charge in [-0.25, -0.2) is 0 Å². The number of pyridine rings is 1. The second kappa shape index (κ2) is 5.27. The molecule has 5 heteroatoms. The Balaban J connectivity index is 1.90. The third kappa shape index (κ3) is 2.93. The Kier molecular flexibility index (Phi) is 3.87. The molecule has 1 saturated heterocycles. The van der Waals surface area contributed by atoms with Gasteiger partial charge in [-0.3, -0.25) is 9.78 Å². The molecule has 104 valence electrons. The number of nitrogens with zero attached hydrogens (tertiary/aromatic N) is 1. The second-order valence-corrected chi connectivity index (χ2v) is 5.81. The van der Waals surface area contributed by atoms with Gasteiger partial charge >= 0.3 is 5.97 Å². The van der Waals surface area contributed by atoms with Gasteiger partial charge in [0.1, 0.15) is 5.41 Å². The first-order valence-electron chi connectivity index (χ1n) is 6.39. The molecule has 5 nitrogen and oxygen atoms in total. The van der Waals surface area contributed by atoms with Crippen LogP contribution in [0.2, 0.25) is 0 Å². The van der Waals surface area contributed by atoms with Gasteiger partial charge < -0.3 is 15.2 Å². The lowest BCUT2D eigenvalue weighted by molar-refractivity contribution is -0.178. The van der Waals surface area contributed by atoms with Crippen molar-refractivity contribution < 1.29 is 14.6 Å². The molecule has 19 heavy (non-hydrogen) atoms. The summed E-state index contributed by atoms with van der Waals surface area (Å²) in [7, 11) is 0. The zero-order valence-electron chi connectivity index (χ0n) is 11.3. The first kappa shape index (κ1) is 14.0. The third-order valence-corrected chi connectivity index (χ3v) is 3.68. The smallest absolute Gasteiger partial charge is 0.315 e. The molecular formula is C14H20N2O3. The zero-order chi connectivity index (χ0) is 13.9. The Morgan fingerprint density at radius 3 is 2.79 bits per heavy atom. The lowest BCUT2D eigenvalue weighted by atomic mass is 9.83. The fourth-order valence-electron chi connectivity index (χ4n) is 2.13. The molecule has 0 aliphatic carbocycles. The Bertz CT molecular complexity index is 441. The van der Waals surface area contributed by atoms with Gasteiger partial charge in [0.25, 0.3) is 0 Å². The fraction of sp³-hybridized carbons (Fsp3) is 0.571. The summed E-state index contributed by atoms with van der Waals surface area (Å²) in [4.78, 5) is 15.3. The van der Waals surface area contributed by atoms with E-state index in [0.717, 1.165) is 5.56 Å². The number of hydrogen-bond donors (Lipinski definition) is 2. The highest BCUT2D eigenvalue weighted by molar-refractivity contribution is 5.76. The van der Waals surface area contributed by atoms with Gasteiger partial charge in [0.15, 0.2) is 0 Å². The average Bonchev–Trinajstić information content (AvgIpc) is 2.33. The predicted molar refractivity (Wildman–Crippen MR) is 71.0 cm³/mol. The molecule has 1 fully saturated rings. The lowest BCUT2D eigenvalue weighted by Gasteiger charge is -2.38. The second-order valence-electron chi connectivity index (χ2n) is 5.81. The molecule has 0 unspecified atom stereocenters. The molecule has 0 bridgehead atoms. The number of aromatic nitrogens is 1. The normalized spacial score (nSPS) is 17.8. The highest BCUT2D eigenvalue weighted by Crippen LogP contribution is 2.27. The van der Waals surface area contributed by atoms with Crippen molar-refractivity contribution in [2.45, 2.75) is 19.3 Å². The minimum atomic E-state index is -0.787. The van der Waals surface area contributed by atoms with E-state index in [1.165, 1.54) is 0 Å². The van der Waals surface area contributed by atoms with Crippen LogP contribution in [0.25, 0.3) is 0 Å². The Morgan fingerprint density at radius 1 is 1.58 bits per heavy atom. The Hall–Kier alpha value is -1.46. The van der Waals surface area contributed by atoms with Crippen LogP contribution in [0.4, 0.5) is 0 Å². The molecule has 1 aliphatic rings. The van der Waals surface area contributed by atoms with E-state index in [9.17, 15) is 9.90 Å². The molecule has 2 heterocycles. The molecule has 0 spiro atoms. The molecule has 2 rings (SSSR count). The van der Waals surface area contributed by atoms with Crippen molar-refractivity contribution >= 4 is 5.97 Å². The lowest BCUT2D eigenvalue weighted by Crippen LogP contribution is -2.56. The molecule has 1 aromatic heterocycles. The monoisotopic (exact) mass is 264 g/mol. The van der Waals surface area contributed by atoms with E-state index in [1.807, 2.05) is 18.3 Å². The quantitative estimate of drug-likeness (QED) is 0.803. The molecule has 0 atom stereocenters. The van der Waals surface area contributed by atoms with Crippen molar-refractivity contribution in [1.29, 1.82) is 0 Å². The van der Waals surface area contributed by atoms with Crippen LogP contribution in [-0.4, -0.2) is 42.4 Å². The van der Waals surface area contributed by atoms with Crippen LogP contribution < -0.4 is 5.32 Å². The summed E-state index contributed by atoms with van der Waals surface area (Å²) in [6, 6.07) is 3.95. The zero-order valence-corrected chi connectivity index (χ0v) is 11.3. The average molecular weight is 264 g/mol. The van der Waals surface area contributed by atoms with Crippen molar-refractivity contribution in [2.75, 3.05) is 26.3 Å². The standard InChI is InChI=1S/C14H20N2O3/c1-13(2,11-4-3-5-15-6-11)7-16-8-14(12(17)18)9-19-10-14/h3-6,16H,7-10H2,1-2H3,(H,17,18). The van der Waals surface area contributed by atoms with Crippen LogP contribution in [-0.2, 0) is 14.9 Å². The first-order valence-corrected chi connectivity index (χ1v) is 6.39. The maximum Gasteiger partial charge on any atom is 0.315 e. The molecular weight excluding hydrogens is 244 g/mol. The van der Waals surface area contributed by atoms with Crippen LogP contribution >= 0.6 is 0 Å². The number of ether oxygens (including phenoxy) is 1. The van der Waals surface area contributed by atoms with E-state index < -0.39 is 11.4 Å². The summed E-state index contributed by atoms with van der Waals surface area (Å²) in [5.74, 6) is -0.787. The summed E-state index contributed by atoms with van der Waals surface area (Å²) in [6.45, 7) is 5.95. The molecule has 0 saturated carbocycles. The minimum absolute atomic E-state index is 0.0848. The summed E-state index contributed by atoms with van der Waals surface area (Å²) in [5, 5.41) is 12.5. The number of nitrogens with one attached hydrogen (secondary N) is 1. The molecule has 0 amide bonds. The van der Waals surface area contributed by atoms with E-state index in [1.54, 1.807) is 6.20 Å². The highest BCUT2D eigenvalue weighted by Gasteiger charge is 2.46. The van der Waals surface area contributed by atoms with Crippen molar-refractivity contribution in [2.24, 2.45) is 5.41 Å². The van der Waals surface area contributed by atoms with Crippen LogP contribution in [0.5, 0.6) is 0 Å². The minimum Gasteiger partial charge on any atom is -0.481 e. The predicted octanol–water partition coefficient (Wildman–Crippen LogP) is 1.05. The Labute approximate surface area is 113 Å². The molecule has 0 radical (unpaired) electrons.